The number of thioether (sulfide) groups is 1. The Morgan fingerprint density at radius 3 is 2.67 bits per heavy atom. The van der Waals surface area contributed by atoms with Gasteiger partial charge in [0.25, 0.3) is 0 Å². The Kier molecular flexibility index (Phi) is 5.30. The van der Waals surface area contributed by atoms with Crippen molar-refractivity contribution in [3.8, 4) is 0 Å². The maximum Gasteiger partial charge on any atom is 0.481 e. The molecule has 2 aromatic heterocycles. The minimum absolute atomic E-state index is 0.164. The third-order valence-corrected chi connectivity index (χ3v) is 8.17. The third kappa shape index (κ3) is 3.69. The van der Waals surface area contributed by atoms with E-state index in [0.717, 1.165) is 0 Å². The molecule has 17 heteroatoms. The average Bonchev–Trinajstić information content (AvgIpc) is 3.13. The van der Waals surface area contributed by atoms with E-state index >= 15 is 0 Å². The summed E-state index contributed by atoms with van der Waals surface area (Å²) in [5.41, 5.74) is 5.51. The van der Waals surface area contributed by atoms with Crippen LogP contribution in [0.3, 0.4) is 0 Å². The second-order valence-electron chi connectivity index (χ2n) is 7.20. The Balaban J connectivity index is 1.60. The quantitative estimate of drug-likeness (QED) is 0.168. The summed E-state index contributed by atoms with van der Waals surface area (Å²) in [6, 6.07) is -0.682. The van der Waals surface area contributed by atoms with Gasteiger partial charge in [-0.1, -0.05) is 11.8 Å². The van der Waals surface area contributed by atoms with Crippen LogP contribution in [0.25, 0.3) is 11.2 Å². The van der Waals surface area contributed by atoms with Gasteiger partial charge in [0.15, 0.2) is 16.6 Å². The van der Waals surface area contributed by atoms with Gasteiger partial charge in [-0.15, -0.1) is 0 Å². The maximum atomic E-state index is 11.8. The lowest BCUT2D eigenvalue weighted by Gasteiger charge is -2.24. The van der Waals surface area contributed by atoms with E-state index in [1.54, 1.807) is 10.8 Å². The first-order chi connectivity index (χ1) is 13.9. The van der Waals surface area contributed by atoms with Crippen molar-refractivity contribution in [2.75, 3.05) is 18.6 Å². The number of fused-ring (bicyclic) bond motifs is 2. The van der Waals surface area contributed by atoms with E-state index in [1.807, 2.05) is 0 Å². The van der Waals surface area contributed by atoms with Crippen molar-refractivity contribution in [1.29, 1.82) is 0 Å². The fourth-order valence-electron chi connectivity index (χ4n) is 4.11. The van der Waals surface area contributed by atoms with Crippen LogP contribution in [0.4, 0.5) is 5.82 Å². The van der Waals surface area contributed by atoms with Crippen molar-refractivity contribution in [2.24, 2.45) is 11.3 Å². The largest absolute Gasteiger partial charge is 0.481 e. The fraction of sp³-hybridized carbons (Fsp3) is 0.615. The van der Waals surface area contributed by atoms with Crippen molar-refractivity contribution in [3.05, 3.63) is 6.33 Å². The predicted octanol–water partition coefficient (Wildman–Crippen LogP) is -0.360. The Morgan fingerprint density at radius 1 is 1.33 bits per heavy atom. The van der Waals surface area contributed by atoms with Crippen LogP contribution in [-0.2, 0) is 18.0 Å². The predicted molar refractivity (Wildman–Crippen MR) is 102 cm³/mol. The highest BCUT2D eigenvalue weighted by Crippen LogP contribution is 2.69. The Bertz CT molecular complexity index is 1090. The second-order valence-corrected chi connectivity index (χ2v) is 10.8. The topological polar surface area (TPSA) is 223 Å². The molecule has 0 radical (unpaired) electrons. The molecular formula is C13H19N5O9P2S. The second kappa shape index (κ2) is 7.20. The molecule has 6 atom stereocenters. The van der Waals surface area contributed by atoms with Crippen molar-refractivity contribution in [3.63, 3.8) is 0 Å². The zero-order valence-corrected chi connectivity index (χ0v) is 17.9. The van der Waals surface area contributed by atoms with E-state index in [4.69, 9.17) is 20.0 Å². The SMILES string of the molecule is CSc1nc(N)c2ncn([C@H]3[C@H](O)[C@H](O)[C@@]4(COP(=O)(O)OP(=O)(O)O)C[C@@H]34)c2n1. The highest BCUT2D eigenvalue weighted by Gasteiger charge is 2.72. The van der Waals surface area contributed by atoms with Crippen molar-refractivity contribution in [1.82, 2.24) is 19.5 Å². The summed E-state index contributed by atoms with van der Waals surface area (Å²) in [4.78, 5) is 39.6. The normalized spacial score (nSPS) is 32.9. The standard InChI is InChI=1S/C13H19N5O9P2S/c1-30-12-16-10(14)6-11(17-12)18(4-15-6)7-5-2-13(5,9(20)8(7)19)3-26-29(24,25)27-28(21,22)23/h4-5,7-9,19-20H,2-3H2,1H3,(H,24,25)(H2,14,16,17)(H2,21,22,23)/t5-,7+,8-,9-,13+/m0/s1. The molecule has 0 aliphatic heterocycles. The zero-order chi connectivity index (χ0) is 22.1. The molecule has 4 rings (SSSR count). The number of rotatable bonds is 7. The molecule has 30 heavy (non-hydrogen) atoms. The number of phosphoric acid groups is 2. The first-order valence-corrected chi connectivity index (χ1v) is 12.8. The van der Waals surface area contributed by atoms with Crippen LogP contribution in [-0.4, -0.2) is 69.5 Å². The molecule has 0 saturated heterocycles. The molecule has 2 aliphatic carbocycles. The average molecular weight is 483 g/mol. The molecule has 0 aromatic carbocycles. The van der Waals surface area contributed by atoms with Gasteiger partial charge >= 0.3 is 15.6 Å². The van der Waals surface area contributed by atoms with Gasteiger partial charge in [-0.05, 0) is 18.6 Å². The van der Waals surface area contributed by atoms with Crippen molar-refractivity contribution < 1.29 is 42.9 Å². The van der Waals surface area contributed by atoms with Gasteiger partial charge in [-0.2, -0.15) is 4.31 Å². The smallest absolute Gasteiger partial charge is 0.390 e. The van der Waals surface area contributed by atoms with E-state index in [0.29, 0.717) is 22.7 Å². The first kappa shape index (κ1) is 22.1. The van der Waals surface area contributed by atoms with Gasteiger partial charge in [0.05, 0.1) is 25.1 Å². The number of hydrogen-bond acceptors (Lipinski definition) is 11. The molecule has 2 heterocycles. The van der Waals surface area contributed by atoms with Crippen LogP contribution in [0.2, 0.25) is 0 Å². The molecule has 7 N–H and O–H groups in total. The van der Waals surface area contributed by atoms with Crippen LogP contribution in [0.5, 0.6) is 0 Å². The van der Waals surface area contributed by atoms with Gasteiger partial charge in [-0.25, -0.2) is 24.1 Å². The number of nitrogen functional groups attached to an aromatic ring is 1. The molecule has 0 bridgehead atoms. The number of hydrogen-bond donors (Lipinski definition) is 6. The lowest BCUT2D eigenvalue weighted by atomic mass is 10.0. The molecule has 166 valence electrons. The Labute approximate surface area is 173 Å². The van der Waals surface area contributed by atoms with E-state index in [1.165, 1.54) is 18.1 Å². The van der Waals surface area contributed by atoms with E-state index in [-0.39, 0.29) is 11.7 Å². The summed E-state index contributed by atoms with van der Waals surface area (Å²) in [7, 11) is -10.3. The number of phosphoric ester groups is 1. The molecule has 1 unspecified atom stereocenters. The molecule has 2 aromatic rings. The van der Waals surface area contributed by atoms with Gasteiger partial charge in [0.1, 0.15) is 11.6 Å². The number of aliphatic hydroxyl groups excluding tert-OH is 2. The number of imidazole rings is 1. The maximum absolute atomic E-state index is 11.8. The van der Waals surface area contributed by atoms with Crippen molar-refractivity contribution in [2.45, 2.75) is 29.8 Å². The summed E-state index contributed by atoms with van der Waals surface area (Å²) < 4.78 is 32.6. The summed E-state index contributed by atoms with van der Waals surface area (Å²) in [5, 5.41) is 21.6. The molecule has 0 amide bonds. The number of nitrogens with two attached hydrogens (primary N) is 1. The summed E-state index contributed by atoms with van der Waals surface area (Å²) >= 11 is 1.27. The zero-order valence-electron chi connectivity index (χ0n) is 15.3. The van der Waals surface area contributed by atoms with Crippen LogP contribution in [0.1, 0.15) is 12.5 Å². The van der Waals surface area contributed by atoms with Crippen LogP contribution in [0, 0.1) is 11.3 Å². The van der Waals surface area contributed by atoms with Crippen LogP contribution < -0.4 is 5.73 Å². The van der Waals surface area contributed by atoms with Gasteiger partial charge in [0, 0.05) is 5.41 Å². The molecular weight excluding hydrogens is 464 g/mol. The molecule has 0 spiro atoms. The number of nitrogens with zero attached hydrogens (tertiary/aromatic N) is 4. The third-order valence-electron chi connectivity index (χ3n) is 5.49. The van der Waals surface area contributed by atoms with Gasteiger partial charge in [-0.3, -0.25) is 4.52 Å². The van der Waals surface area contributed by atoms with Crippen LogP contribution in [0.15, 0.2) is 11.5 Å². The molecule has 2 fully saturated rings. The number of aliphatic hydroxyl groups is 2. The Morgan fingerprint density at radius 2 is 2.03 bits per heavy atom. The minimum atomic E-state index is -5.27. The highest BCUT2D eigenvalue weighted by molar-refractivity contribution is 7.98. The molecule has 2 saturated carbocycles. The van der Waals surface area contributed by atoms with E-state index < -0.39 is 45.9 Å². The number of aromatic nitrogens is 4. The van der Waals surface area contributed by atoms with E-state index in [2.05, 4.69) is 19.3 Å². The molecule has 14 nitrogen and oxygen atoms in total. The lowest BCUT2D eigenvalue weighted by molar-refractivity contribution is -0.0297. The van der Waals surface area contributed by atoms with Gasteiger partial charge < -0.3 is 35.2 Å². The lowest BCUT2D eigenvalue weighted by Crippen LogP contribution is -2.35. The highest BCUT2D eigenvalue weighted by atomic mass is 32.2. The van der Waals surface area contributed by atoms with E-state index in [9.17, 15) is 24.2 Å². The minimum Gasteiger partial charge on any atom is -0.390 e. The summed E-state index contributed by atoms with van der Waals surface area (Å²) in [6.45, 7) is -0.556. The Hall–Kier alpha value is -1.12. The first-order valence-electron chi connectivity index (χ1n) is 8.53. The summed E-state index contributed by atoms with van der Waals surface area (Å²) in [6.07, 6.45) is 0.898. The molecule has 2 aliphatic rings. The fourth-order valence-corrected chi connectivity index (χ4v) is 6.15. The van der Waals surface area contributed by atoms with Gasteiger partial charge in [0.2, 0.25) is 0 Å². The number of anilines is 1. The monoisotopic (exact) mass is 483 g/mol. The van der Waals surface area contributed by atoms with Crippen molar-refractivity contribution >= 4 is 44.4 Å². The van der Waals surface area contributed by atoms with Crippen LogP contribution >= 0.6 is 27.4 Å². The summed E-state index contributed by atoms with van der Waals surface area (Å²) in [5.74, 6) is -0.221.